The predicted molar refractivity (Wildman–Crippen MR) is 106 cm³/mol. The Hall–Kier alpha value is -2.35. The van der Waals surface area contributed by atoms with E-state index in [1.165, 1.54) is 17.1 Å². The molecule has 1 fully saturated rings. The molecule has 8 heteroatoms. The van der Waals surface area contributed by atoms with Crippen LogP contribution in [0.4, 0.5) is 5.13 Å². The number of benzene rings is 1. The minimum atomic E-state index is 0.723. The summed E-state index contributed by atoms with van der Waals surface area (Å²) in [5.74, 6) is 2.73. The van der Waals surface area contributed by atoms with Crippen LogP contribution in [0.15, 0.2) is 29.3 Å². The minimum absolute atomic E-state index is 0.723. The van der Waals surface area contributed by atoms with Crippen LogP contribution >= 0.6 is 11.5 Å². The summed E-state index contributed by atoms with van der Waals surface area (Å²) in [5.41, 5.74) is 1.17. The summed E-state index contributed by atoms with van der Waals surface area (Å²) in [6.07, 6.45) is 0.886. The highest BCUT2D eigenvalue weighted by atomic mass is 32.1. The fourth-order valence-electron chi connectivity index (χ4n) is 2.92. The molecule has 0 amide bonds. The molecule has 1 N–H and O–H groups in total. The van der Waals surface area contributed by atoms with Gasteiger partial charge in [0.05, 0.1) is 7.11 Å². The molecule has 0 atom stereocenters. The molecule has 140 valence electrons. The van der Waals surface area contributed by atoms with Crippen molar-refractivity contribution < 1.29 is 4.74 Å². The van der Waals surface area contributed by atoms with Gasteiger partial charge < -0.3 is 19.9 Å². The number of guanidine groups is 1. The maximum absolute atomic E-state index is 5.28. The van der Waals surface area contributed by atoms with Gasteiger partial charge in [0, 0.05) is 57.7 Å². The highest BCUT2D eigenvalue weighted by Gasteiger charge is 2.21. The van der Waals surface area contributed by atoms with Crippen LogP contribution in [0.3, 0.4) is 0 Å². The second-order valence-electron chi connectivity index (χ2n) is 6.07. The zero-order valence-electron chi connectivity index (χ0n) is 15.6. The molecular formula is C18H26N6OS. The number of ether oxygens (including phenoxy) is 1. The van der Waals surface area contributed by atoms with Gasteiger partial charge in [-0.2, -0.15) is 4.37 Å². The van der Waals surface area contributed by atoms with Crippen molar-refractivity contribution in [3.8, 4) is 5.75 Å². The second-order valence-corrected chi connectivity index (χ2v) is 6.80. The third kappa shape index (κ3) is 4.43. The summed E-state index contributed by atoms with van der Waals surface area (Å²) in [6.45, 7) is 6.50. The van der Waals surface area contributed by atoms with Gasteiger partial charge >= 0.3 is 0 Å². The van der Waals surface area contributed by atoms with Crippen molar-refractivity contribution in [2.75, 3.05) is 45.2 Å². The molecule has 0 bridgehead atoms. The lowest BCUT2D eigenvalue weighted by atomic mass is 10.2. The van der Waals surface area contributed by atoms with Crippen LogP contribution in [0.2, 0.25) is 0 Å². The van der Waals surface area contributed by atoms with Gasteiger partial charge in [0.1, 0.15) is 11.6 Å². The zero-order chi connectivity index (χ0) is 18.4. The first-order valence-electron chi connectivity index (χ1n) is 8.89. The summed E-state index contributed by atoms with van der Waals surface area (Å²) < 4.78 is 9.67. The smallest absolute Gasteiger partial charge is 0.205 e. The number of aliphatic imine (C=N–C) groups is 1. The SMILES string of the molecule is CCc1nsc(N2CCN(C(=NC)NCc3cccc(OC)c3)CC2)n1. The first-order valence-corrected chi connectivity index (χ1v) is 9.67. The first kappa shape index (κ1) is 18.4. The molecule has 1 saturated heterocycles. The van der Waals surface area contributed by atoms with Crippen molar-refractivity contribution in [2.24, 2.45) is 4.99 Å². The lowest BCUT2D eigenvalue weighted by Gasteiger charge is -2.36. The van der Waals surface area contributed by atoms with E-state index in [4.69, 9.17) is 4.74 Å². The van der Waals surface area contributed by atoms with Gasteiger partial charge in [-0.3, -0.25) is 4.99 Å². The summed E-state index contributed by atoms with van der Waals surface area (Å²) in [6, 6.07) is 8.08. The van der Waals surface area contributed by atoms with E-state index in [0.29, 0.717) is 0 Å². The Morgan fingerprint density at radius 2 is 2.12 bits per heavy atom. The number of hydrogen-bond acceptors (Lipinski definition) is 6. The maximum atomic E-state index is 5.28. The van der Waals surface area contributed by atoms with Gasteiger partial charge in [-0.25, -0.2) is 4.98 Å². The van der Waals surface area contributed by atoms with E-state index in [9.17, 15) is 0 Å². The van der Waals surface area contributed by atoms with Crippen molar-refractivity contribution in [1.29, 1.82) is 0 Å². The number of methoxy groups -OCH3 is 1. The van der Waals surface area contributed by atoms with Crippen molar-refractivity contribution in [1.82, 2.24) is 19.6 Å². The minimum Gasteiger partial charge on any atom is -0.497 e. The number of hydrogen-bond donors (Lipinski definition) is 1. The molecule has 0 spiro atoms. The maximum Gasteiger partial charge on any atom is 0.205 e. The Balaban J connectivity index is 1.53. The lowest BCUT2D eigenvalue weighted by molar-refractivity contribution is 0.372. The fraction of sp³-hybridized carbons (Fsp3) is 0.500. The van der Waals surface area contributed by atoms with E-state index >= 15 is 0 Å². The Morgan fingerprint density at radius 3 is 2.77 bits per heavy atom. The predicted octanol–water partition coefficient (Wildman–Crippen LogP) is 2.01. The number of piperazine rings is 1. The molecule has 0 unspecified atom stereocenters. The van der Waals surface area contributed by atoms with Crippen LogP contribution in [0.25, 0.3) is 0 Å². The second kappa shape index (κ2) is 8.84. The zero-order valence-corrected chi connectivity index (χ0v) is 16.4. The Labute approximate surface area is 158 Å². The third-order valence-corrected chi connectivity index (χ3v) is 5.23. The van der Waals surface area contributed by atoms with E-state index in [-0.39, 0.29) is 0 Å². The molecule has 2 heterocycles. The van der Waals surface area contributed by atoms with Crippen LogP contribution in [-0.4, -0.2) is 60.6 Å². The largest absolute Gasteiger partial charge is 0.497 e. The van der Waals surface area contributed by atoms with Crippen LogP contribution in [0.5, 0.6) is 5.75 Å². The number of aromatic nitrogens is 2. The van der Waals surface area contributed by atoms with Gasteiger partial charge in [0.2, 0.25) is 5.13 Å². The Kier molecular flexibility index (Phi) is 6.27. The monoisotopic (exact) mass is 374 g/mol. The standard InChI is InChI=1S/C18H26N6OS/c1-4-16-21-18(26-22-16)24-10-8-23(9-11-24)17(19-2)20-13-14-6-5-7-15(12-14)25-3/h5-7,12H,4,8-11,13H2,1-3H3,(H,19,20). The summed E-state index contributed by atoms with van der Waals surface area (Å²) in [5, 5.41) is 4.48. The van der Waals surface area contributed by atoms with E-state index < -0.39 is 0 Å². The van der Waals surface area contributed by atoms with Crippen molar-refractivity contribution in [2.45, 2.75) is 19.9 Å². The van der Waals surface area contributed by atoms with Gasteiger partial charge in [-0.1, -0.05) is 19.1 Å². The van der Waals surface area contributed by atoms with Crippen LogP contribution in [-0.2, 0) is 13.0 Å². The van der Waals surface area contributed by atoms with Crippen LogP contribution in [0, 0.1) is 0 Å². The van der Waals surface area contributed by atoms with Crippen molar-refractivity contribution in [3.63, 3.8) is 0 Å². The van der Waals surface area contributed by atoms with Gasteiger partial charge in [0.15, 0.2) is 5.96 Å². The topological polar surface area (TPSA) is 65.9 Å². The first-order chi connectivity index (χ1) is 12.7. The summed E-state index contributed by atoms with van der Waals surface area (Å²) >= 11 is 1.50. The quantitative estimate of drug-likeness (QED) is 0.638. The average molecular weight is 375 g/mol. The van der Waals surface area contributed by atoms with Crippen molar-refractivity contribution in [3.05, 3.63) is 35.7 Å². The van der Waals surface area contributed by atoms with Crippen LogP contribution < -0.4 is 15.0 Å². The van der Waals surface area contributed by atoms with Gasteiger partial charge in [-0.15, -0.1) is 0 Å². The lowest BCUT2D eigenvalue weighted by Crippen LogP contribution is -2.52. The summed E-state index contributed by atoms with van der Waals surface area (Å²) in [7, 11) is 3.52. The number of nitrogens with one attached hydrogen (secondary N) is 1. The average Bonchev–Trinajstić information content (AvgIpc) is 3.18. The molecule has 1 aliphatic heterocycles. The number of rotatable bonds is 5. The molecule has 2 aromatic rings. The molecule has 7 nitrogen and oxygen atoms in total. The number of aryl methyl sites for hydroxylation is 1. The Morgan fingerprint density at radius 1 is 1.31 bits per heavy atom. The van der Waals surface area contributed by atoms with E-state index in [0.717, 1.165) is 61.8 Å². The molecule has 26 heavy (non-hydrogen) atoms. The molecule has 1 aromatic heterocycles. The Bertz CT molecular complexity index is 739. The van der Waals surface area contributed by atoms with Crippen molar-refractivity contribution >= 4 is 22.6 Å². The molecule has 1 aliphatic rings. The fourth-order valence-corrected chi connectivity index (χ4v) is 3.72. The normalized spacial score (nSPS) is 15.3. The van der Waals surface area contributed by atoms with E-state index in [2.05, 4.69) is 42.5 Å². The van der Waals surface area contributed by atoms with E-state index in [1.54, 1.807) is 7.11 Å². The van der Waals surface area contributed by atoms with Crippen LogP contribution in [0.1, 0.15) is 18.3 Å². The molecule has 0 aliphatic carbocycles. The highest BCUT2D eigenvalue weighted by molar-refractivity contribution is 7.09. The number of nitrogens with zero attached hydrogens (tertiary/aromatic N) is 5. The molecule has 0 radical (unpaired) electrons. The molecular weight excluding hydrogens is 348 g/mol. The summed E-state index contributed by atoms with van der Waals surface area (Å²) in [4.78, 5) is 13.6. The highest BCUT2D eigenvalue weighted by Crippen LogP contribution is 2.19. The van der Waals surface area contributed by atoms with E-state index in [1.807, 2.05) is 25.2 Å². The molecule has 3 rings (SSSR count). The third-order valence-electron chi connectivity index (χ3n) is 4.42. The molecule has 0 saturated carbocycles. The van der Waals surface area contributed by atoms with Gasteiger partial charge in [0.25, 0.3) is 0 Å². The van der Waals surface area contributed by atoms with Gasteiger partial charge in [-0.05, 0) is 17.7 Å². The number of anilines is 1. The molecule has 1 aromatic carbocycles.